The Morgan fingerprint density at radius 2 is 2.06 bits per heavy atom. The summed E-state index contributed by atoms with van der Waals surface area (Å²) in [6.45, 7) is -1.12. The van der Waals surface area contributed by atoms with Crippen LogP contribution < -0.4 is 4.74 Å². The van der Waals surface area contributed by atoms with E-state index in [0.29, 0.717) is 0 Å². The van der Waals surface area contributed by atoms with Crippen molar-refractivity contribution in [3.63, 3.8) is 0 Å². The Hall–Kier alpha value is -1.13. The van der Waals surface area contributed by atoms with Gasteiger partial charge in [-0.1, -0.05) is 0 Å². The summed E-state index contributed by atoms with van der Waals surface area (Å²) in [6, 6.07) is 0. The molecule has 0 saturated heterocycles. The number of pyridine rings is 1. The quantitative estimate of drug-likeness (QED) is 0.497. The van der Waals surface area contributed by atoms with Gasteiger partial charge in [0, 0.05) is 11.1 Å². The number of aliphatic carboxylic acids is 1. The molecular formula is C9H6F4INO3. The van der Waals surface area contributed by atoms with Gasteiger partial charge in [0.05, 0.1) is 12.6 Å². The van der Waals surface area contributed by atoms with Crippen molar-refractivity contribution < 1.29 is 32.2 Å². The van der Waals surface area contributed by atoms with E-state index >= 15 is 0 Å². The van der Waals surface area contributed by atoms with E-state index in [2.05, 4.69) is 9.72 Å². The van der Waals surface area contributed by atoms with Crippen LogP contribution in [0.4, 0.5) is 17.6 Å². The number of carbonyl (C=O) groups is 1. The Bertz CT molecular complexity index is 464. The van der Waals surface area contributed by atoms with Crippen LogP contribution in [0.1, 0.15) is 11.1 Å². The fourth-order valence-electron chi connectivity index (χ4n) is 1.24. The topological polar surface area (TPSA) is 59.4 Å². The molecule has 0 fully saturated rings. The highest BCUT2D eigenvalue weighted by atomic mass is 127. The molecule has 0 bridgehead atoms. The van der Waals surface area contributed by atoms with E-state index in [-0.39, 0.29) is 14.8 Å². The maximum Gasteiger partial charge on any atom is 0.573 e. The van der Waals surface area contributed by atoms with Crippen LogP contribution in [0.25, 0.3) is 0 Å². The summed E-state index contributed by atoms with van der Waals surface area (Å²) in [5.74, 6) is -2.18. The summed E-state index contributed by atoms with van der Waals surface area (Å²) in [4.78, 5) is 14.1. The second kappa shape index (κ2) is 5.67. The lowest BCUT2D eigenvalue weighted by molar-refractivity contribution is -0.275. The lowest BCUT2D eigenvalue weighted by Crippen LogP contribution is -2.20. The Morgan fingerprint density at radius 1 is 1.44 bits per heavy atom. The van der Waals surface area contributed by atoms with E-state index in [1.165, 1.54) is 0 Å². The van der Waals surface area contributed by atoms with Crippen molar-refractivity contribution >= 4 is 28.6 Å². The molecule has 0 aliphatic rings. The van der Waals surface area contributed by atoms with Gasteiger partial charge in [0.15, 0.2) is 5.75 Å². The second-order valence-corrected chi connectivity index (χ2v) is 4.14. The van der Waals surface area contributed by atoms with Crippen LogP contribution >= 0.6 is 22.6 Å². The molecule has 100 valence electrons. The summed E-state index contributed by atoms with van der Waals surface area (Å²) in [5, 5.41) is 8.62. The van der Waals surface area contributed by atoms with E-state index in [1.807, 2.05) is 0 Å². The van der Waals surface area contributed by atoms with E-state index in [4.69, 9.17) is 5.11 Å². The molecule has 18 heavy (non-hydrogen) atoms. The summed E-state index contributed by atoms with van der Waals surface area (Å²) >= 11 is 1.61. The van der Waals surface area contributed by atoms with Gasteiger partial charge in [-0.15, -0.1) is 13.2 Å². The first-order chi connectivity index (χ1) is 8.24. The number of carboxylic acids is 1. The zero-order valence-corrected chi connectivity index (χ0v) is 10.7. The van der Waals surface area contributed by atoms with E-state index in [0.717, 1.165) is 6.20 Å². The van der Waals surface area contributed by atoms with Gasteiger partial charge in [-0.05, 0) is 22.6 Å². The smallest absolute Gasteiger partial charge is 0.481 e. The lowest BCUT2D eigenvalue weighted by atomic mass is 10.1. The molecular weight excluding hydrogens is 373 g/mol. The predicted octanol–water partition coefficient (Wildman–Crippen LogP) is 2.68. The molecule has 1 N–H and O–H groups in total. The number of carboxylic acid groups (broad SMARTS) is 1. The molecule has 0 atom stereocenters. The number of nitrogens with zero attached hydrogens (tertiary/aromatic N) is 1. The highest BCUT2D eigenvalue weighted by molar-refractivity contribution is 14.1. The number of rotatable bonds is 4. The van der Waals surface area contributed by atoms with Crippen LogP contribution in [0.15, 0.2) is 6.20 Å². The van der Waals surface area contributed by atoms with Crippen LogP contribution in [-0.4, -0.2) is 22.4 Å². The molecule has 1 heterocycles. The SMILES string of the molecule is O=C(O)Cc1c(OC(F)(F)F)cnc(I)c1CF. The molecule has 9 heteroatoms. The van der Waals surface area contributed by atoms with Crippen molar-refractivity contribution in [3.05, 3.63) is 21.0 Å². The Balaban J connectivity index is 3.28. The maximum absolute atomic E-state index is 12.7. The molecule has 1 aromatic rings. The summed E-state index contributed by atoms with van der Waals surface area (Å²) in [5.41, 5.74) is -0.568. The van der Waals surface area contributed by atoms with Gasteiger partial charge in [0.1, 0.15) is 10.4 Å². The second-order valence-electron chi connectivity index (χ2n) is 3.12. The first-order valence-corrected chi connectivity index (χ1v) is 5.52. The summed E-state index contributed by atoms with van der Waals surface area (Å²) < 4.78 is 52.8. The minimum Gasteiger partial charge on any atom is -0.481 e. The minimum absolute atomic E-state index is 0.0980. The van der Waals surface area contributed by atoms with Gasteiger partial charge >= 0.3 is 12.3 Å². The first-order valence-electron chi connectivity index (χ1n) is 4.44. The molecule has 1 rings (SSSR count). The fraction of sp³-hybridized carbons (Fsp3) is 0.333. The third-order valence-electron chi connectivity index (χ3n) is 1.89. The van der Waals surface area contributed by atoms with Crippen molar-refractivity contribution in [1.82, 2.24) is 4.98 Å². The van der Waals surface area contributed by atoms with E-state index in [1.54, 1.807) is 22.6 Å². The molecule has 0 aliphatic heterocycles. The fourth-order valence-corrected chi connectivity index (χ4v) is 1.85. The number of halogens is 5. The van der Waals surface area contributed by atoms with Crippen molar-refractivity contribution in [2.75, 3.05) is 0 Å². The van der Waals surface area contributed by atoms with Crippen molar-refractivity contribution in [1.29, 1.82) is 0 Å². The Morgan fingerprint density at radius 3 is 2.50 bits per heavy atom. The van der Waals surface area contributed by atoms with Crippen LogP contribution in [0, 0.1) is 3.70 Å². The molecule has 0 spiro atoms. The van der Waals surface area contributed by atoms with Crippen LogP contribution in [0.5, 0.6) is 5.75 Å². The monoisotopic (exact) mass is 379 g/mol. The molecule has 0 aliphatic carbocycles. The van der Waals surface area contributed by atoms with Crippen LogP contribution in [0.3, 0.4) is 0 Å². The molecule has 0 aromatic carbocycles. The number of aromatic nitrogens is 1. The summed E-state index contributed by atoms with van der Waals surface area (Å²) in [7, 11) is 0. The minimum atomic E-state index is -4.99. The van der Waals surface area contributed by atoms with Gasteiger partial charge in [0.25, 0.3) is 0 Å². The van der Waals surface area contributed by atoms with E-state index in [9.17, 15) is 22.4 Å². The first kappa shape index (κ1) is 14.9. The highest BCUT2D eigenvalue weighted by Gasteiger charge is 2.33. The van der Waals surface area contributed by atoms with Crippen LogP contribution in [-0.2, 0) is 17.9 Å². The predicted molar refractivity (Wildman–Crippen MR) is 59.8 cm³/mol. The number of hydrogen-bond acceptors (Lipinski definition) is 3. The van der Waals surface area contributed by atoms with Crippen molar-refractivity contribution in [2.45, 2.75) is 19.5 Å². The standard InChI is InChI=1S/C9H6F4INO3/c10-2-5-4(1-7(16)17)6(3-15-8(5)14)18-9(11,12)13/h3H,1-2H2,(H,16,17). The molecule has 0 unspecified atom stereocenters. The van der Waals surface area contributed by atoms with Gasteiger partial charge in [0.2, 0.25) is 0 Å². The van der Waals surface area contributed by atoms with Crippen LogP contribution in [0.2, 0.25) is 0 Å². The molecule has 4 nitrogen and oxygen atoms in total. The molecule has 0 amide bonds. The highest BCUT2D eigenvalue weighted by Crippen LogP contribution is 2.30. The Labute approximate surface area is 112 Å². The van der Waals surface area contributed by atoms with Gasteiger partial charge < -0.3 is 9.84 Å². The average Bonchev–Trinajstić information content (AvgIpc) is 2.20. The lowest BCUT2D eigenvalue weighted by Gasteiger charge is -2.15. The zero-order chi connectivity index (χ0) is 13.9. The third kappa shape index (κ3) is 3.96. The molecule has 0 radical (unpaired) electrons. The number of ether oxygens (including phenoxy) is 1. The summed E-state index contributed by atoms with van der Waals surface area (Å²) in [6.07, 6.45) is -5.04. The average molecular weight is 379 g/mol. The van der Waals surface area contributed by atoms with Gasteiger partial charge in [-0.25, -0.2) is 9.37 Å². The normalized spacial score (nSPS) is 11.4. The maximum atomic E-state index is 12.7. The van der Waals surface area contributed by atoms with Gasteiger partial charge in [-0.3, -0.25) is 4.79 Å². The van der Waals surface area contributed by atoms with E-state index < -0.39 is 31.2 Å². The van der Waals surface area contributed by atoms with Gasteiger partial charge in [-0.2, -0.15) is 0 Å². The number of alkyl halides is 4. The Kier molecular flexibility index (Phi) is 4.71. The zero-order valence-electron chi connectivity index (χ0n) is 8.59. The van der Waals surface area contributed by atoms with Crippen molar-refractivity contribution in [2.24, 2.45) is 0 Å². The number of hydrogen-bond donors (Lipinski definition) is 1. The largest absolute Gasteiger partial charge is 0.573 e. The molecule has 0 saturated carbocycles. The van der Waals surface area contributed by atoms with Crippen molar-refractivity contribution in [3.8, 4) is 5.75 Å². The third-order valence-corrected chi connectivity index (χ3v) is 2.82. The molecule has 1 aromatic heterocycles.